The molecule has 0 unspecified atom stereocenters. The van der Waals surface area contributed by atoms with Gasteiger partial charge in [-0.25, -0.2) is 9.78 Å². The lowest BCUT2D eigenvalue weighted by molar-refractivity contribution is 0.0696. The minimum atomic E-state index is -1.03. The number of pyridine rings is 1. The van der Waals surface area contributed by atoms with Crippen LogP contribution in [0.5, 0.6) is 0 Å². The van der Waals surface area contributed by atoms with Crippen LogP contribution in [0.1, 0.15) is 24.2 Å². The van der Waals surface area contributed by atoms with Crippen LogP contribution in [0, 0.1) is 5.92 Å². The van der Waals surface area contributed by atoms with Crippen molar-refractivity contribution in [1.82, 2.24) is 9.88 Å². The van der Waals surface area contributed by atoms with Gasteiger partial charge in [-0.05, 0) is 26.1 Å². The first-order valence-electron chi connectivity index (χ1n) is 6.12. The topological polar surface area (TPSA) is 65.5 Å². The molecule has 5 nitrogen and oxygen atoms in total. The molecule has 1 aromatic heterocycles. The van der Waals surface area contributed by atoms with E-state index in [-0.39, 0.29) is 5.56 Å². The monoisotopic (exact) mass is 285 g/mol. The van der Waals surface area contributed by atoms with Crippen LogP contribution in [0.25, 0.3) is 0 Å². The SMILES string of the molecule is CC(C)[C@H](CNc1ncc(C(=O)O)cc1Cl)N(C)C. The summed E-state index contributed by atoms with van der Waals surface area (Å²) in [4.78, 5) is 17.0. The Morgan fingerprint density at radius 2 is 2.16 bits per heavy atom. The second-order valence-corrected chi connectivity index (χ2v) is 5.42. The van der Waals surface area contributed by atoms with Crippen LogP contribution in [0.2, 0.25) is 5.02 Å². The van der Waals surface area contributed by atoms with E-state index >= 15 is 0 Å². The molecule has 0 aliphatic rings. The number of hydrogen-bond donors (Lipinski definition) is 2. The van der Waals surface area contributed by atoms with Crippen molar-refractivity contribution in [3.05, 3.63) is 22.8 Å². The van der Waals surface area contributed by atoms with E-state index in [4.69, 9.17) is 16.7 Å². The van der Waals surface area contributed by atoms with Gasteiger partial charge in [-0.15, -0.1) is 0 Å². The summed E-state index contributed by atoms with van der Waals surface area (Å²) in [7, 11) is 4.05. The Kier molecular flexibility index (Phi) is 5.57. The maximum absolute atomic E-state index is 10.8. The first-order chi connectivity index (χ1) is 8.82. The Morgan fingerprint density at radius 1 is 1.53 bits per heavy atom. The number of halogens is 1. The Hall–Kier alpha value is -1.33. The third-order valence-electron chi connectivity index (χ3n) is 3.00. The summed E-state index contributed by atoms with van der Waals surface area (Å²) in [6, 6.07) is 1.75. The van der Waals surface area contributed by atoms with Crippen LogP contribution in [-0.4, -0.2) is 47.6 Å². The van der Waals surface area contributed by atoms with Crippen molar-refractivity contribution in [3.8, 4) is 0 Å². The second kappa shape index (κ2) is 6.73. The van der Waals surface area contributed by atoms with Crippen molar-refractivity contribution in [1.29, 1.82) is 0 Å². The Morgan fingerprint density at radius 3 is 2.58 bits per heavy atom. The number of rotatable bonds is 6. The number of carbonyl (C=O) groups is 1. The van der Waals surface area contributed by atoms with Gasteiger partial charge in [-0.2, -0.15) is 0 Å². The number of nitrogens with zero attached hydrogens (tertiary/aromatic N) is 2. The number of nitrogens with one attached hydrogen (secondary N) is 1. The van der Waals surface area contributed by atoms with E-state index in [1.165, 1.54) is 12.3 Å². The number of carboxylic acid groups (broad SMARTS) is 1. The van der Waals surface area contributed by atoms with Gasteiger partial charge in [0.25, 0.3) is 0 Å². The number of likely N-dealkylation sites (N-methyl/N-ethyl adjacent to an activating group) is 1. The van der Waals surface area contributed by atoms with Crippen molar-refractivity contribution >= 4 is 23.4 Å². The van der Waals surface area contributed by atoms with E-state index in [2.05, 4.69) is 29.0 Å². The molecule has 0 fully saturated rings. The summed E-state index contributed by atoms with van der Waals surface area (Å²) in [6.45, 7) is 4.99. The lowest BCUT2D eigenvalue weighted by Crippen LogP contribution is -2.38. The molecule has 6 heteroatoms. The smallest absolute Gasteiger partial charge is 0.337 e. The van der Waals surface area contributed by atoms with Gasteiger partial charge < -0.3 is 15.3 Å². The van der Waals surface area contributed by atoms with Gasteiger partial charge in [0, 0.05) is 18.8 Å². The maximum Gasteiger partial charge on any atom is 0.337 e. The first-order valence-corrected chi connectivity index (χ1v) is 6.49. The van der Waals surface area contributed by atoms with Crippen LogP contribution in [0.15, 0.2) is 12.3 Å². The average molecular weight is 286 g/mol. The molecule has 106 valence electrons. The lowest BCUT2D eigenvalue weighted by Gasteiger charge is -2.28. The fraction of sp³-hybridized carbons (Fsp3) is 0.538. The highest BCUT2D eigenvalue weighted by Gasteiger charge is 2.16. The van der Waals surface area contributed by atoms with Crippen molar-refractivity contribution < 1.29 is 9.90 Å². The molecule has 1 atom stereocenters. The number of carboxylic acids is 1. The van der Waals surface area contributed by atoms with E-state index in [9.17, 15) is 4.79 Å². The molecule has 0 saturated carbocycles. The normalized spacial score (nSPS) is 12.8. The summed E-state index contributed by atoms with van der Waals surface area (Å²) in [6.07, 6.45) is 1.30. The van der Waals surface area contributed by atoms with Gasteiger partial charge in [0.2, 0.25) is 0 Å². The van der Waals surface area contributed by atoms with Crippen LogP contribution in [-0.2, 0) is 0 Å². The zero-order valence-electron chi connectivity index (χ0n) is 11.6. The predicted octanol–water partition coefficient (Wildman–Crippen LogP) is 2.43. The maximum atomic E-state index is 10.8. The highest BCUT2D eigenvalue weighted by Crippen LogP contribution is 2.20. The zero-order valence-corrected chi connectivity index (χ0v) is 12.4. The van der Waals surface area contributed by atoms with E-state index in [0.29, 0.717) is 29.3 Å². The molecule has 19 heavy (non-hydrogen) atoms. The average Bonchev–Trinajstić information content (AvgIpc) is 2.29. The molecule has 0 amide bonds. The molecule has 0 aliphatic heterocycles. The summed E-state index contributed by atoms with van der Waals surface area (Å²) < 4.78 is 0. The van der Waals surface area contributed by atoms with E-state index in [0.717, 1.165) is 0 Å². The van der Waals surface area contributed by atoms with Crippen molar-refractivity contribution in [2.45, 2.75) is 19.9 Å². The second-order valence-electron chi connectivity index (χ2n) is 5.02. The lowest BCUT2D eigenvalue weighted by atomic mass is 10.0. The van der Waals surface area contributed by atoms with Gasteiger partial charge >= 0.3 is 5.97 Å². The quantitative estimate of drug-likeness (QED) is 0.840. The van der Waals surface area contributed by atoms with E-state index < -0.39 is 5.97 Å². The Labute approximate surface area is 118 Å². The summed E-state index contributed by atoms with van der Waals surface area (Å²) in [5.74, 6) is -0.0342. The predicted molar refractivity (Wildman–Crippen MR) is 77.0 cm³/mol. The molecule has 1 aromatic rings. The fourth-order valence-corrected chi connectivity index (χ4v) is 2.13. The van der Waals surface area contributed by atoms with Crippen LogP contribution in [0.4, 0.5) is 5.82 Å². The van der Waals surface area contributed by atoms with Crippen molar-refractivity contribution in [3.63, 3.8) is 0 Å². The highest BCUT2D eigenvalue weighted by atomic mass is 35.5. The van der Waals surface area contributed by atoms with Gasteiger partial charge in [-0.1, -0.05) is 25.4 Å². The Balaban J connectivity index is 2.75. The fourth-order valence-electron chi connectivity index (χ4n) is 1.90. The first kappa shape index (κ1) is 15.7. The highest BCUT2D eigenvalue weighted by molar-refractivity contribution is 6.33. The van der Waals surface area contributed by atoms with E-state index in [1.54, 1.807) is 0 Å². The molecule has 0 saturated heterocycles. The van der Waals surface area contributed by atoms with Crippen molar-refractivity contribution in [2.75, 3.05) is 26.0 Å². The largest absolute Gasteiger partial charge is 0.478 e. The molecule has 0 aliphatic carbocycles. The molecule has 0 radical (unpaired) electrons. The van der Waals surface area contributed by atoms with Crippen molar-refractivity contribution in [2.24, 2.45) is 5.92 Å². The molecule has 0 aromatic carbocycles. The molecule has 1 rings (SSSR count). The Bertz CT molecular complexity index is 442. The zero-order chi connectivity index (χ0) is 14.6. The van der Waals surface area contributed by atoms with Gasteiger partial charge in [0.05, 0.1) is 10.6 Å². The van der Waals surface area contributed by atoms with Gasteiger partial charge in [-0.3, -0.25) is 0 Å². The van der Waals surface area contributed by atoms with Gasteiger partial charge in [0.15, 0.2) is 0 Å². The summed E-state index contributed by atoms with van der Waals surface area (Å²) >= 11 is 6.01. The minimum Gasteiger partial charge on any atom is -0.478 e. The summed E-state index contributed by atoms with van der Waals surface area (Å²) in [5.41, 5.74) is 0.0866. The van der Waals surface area contributed by atoms with E-state index in [1.807, 2.05) is 14.1 Å². The van der Waals surface area contributed by atoms with Crippen LogP contribution < -0.4 is 5.32 Å². The molecule has 1 heterocycles. The van der Waals surface area contributed by atoms with Gasteiger partial charge in [0.1, 0.15) is 5.82 Å². The minimum absolute atomic E-state index is 0.0866. The number of aromatic nitrogens is 1. The van der Waals surface area contributed by atoms with Crippen LogP contribution >= 0.6 is 11.6 Å². The third kappa shape index (κ3) is 4.36. The molecular weight excluding hydrogens is 266 g/mol. The number of anilines is 1. The van der Waals surface area contributed by atoms with Crippen LogP contribution in [0.3, 0.4) is 0 Å². The number of aromatic carboxylic acids is 1. The third-order valence-corrected chi connectivity index (χ3v) is 3.29. The molecular formula is C13H20ClN3O2. The molecule has 0 spiro atoms. The number of hydrogen-bond acceptors (Lipinski definition) is 4. The summed E-state index contributed by atoms with van der Waals surface area (Å²) in [5, 5.41) is 12.3. The molecule has 2 N–H and O–H groups in total. The standard InChI is InChI=1S/C13H20ClN3O2/c1-8(2)11(17(3)4)7-16-12-10(14)5-9(6-15-12)13(18)19/h5-6,8,11H,7H2,1-4H3,(H,15,16)(H,18,19)/t11-/m0/s1. The molecule has 0 bridgehead atoms.